The van der Waals surface area contributed by atoms with Gasteiger partial charge in [0.2, 0.25) is 0 Å². The van der Waals surface area contributed by atoms with E-state index in [0.717, 1.165) is 11.2 Å². The van der Waals surface area contributed by atoms with E-state index in [-0.39, 0.29) is 0 Å². The number of para-hydroxylation sites is 1. The lowest BCUT2D eigenvalue weighted by atomic mass is 9.81. The number of benzene rings is 3. The molecule has 4 aromatic rings. The summed E-state index contributed by atoms with van der Waals surface area (Å²) in [5.74, 6) is 3.12. The largest absolute Gasteiger partial charge is 0.456 e. The van der Waals surface area contributed by atoms with Gasteiger partial charge in [0.05, 0.1) is 0 Å². The molecule has 0 spiro atoms. The van der Waals surface area contributed by atoms with Crippen LogP contribution in [-0.2, 0) is 0 Å². The van der Waals surface area contributed by atoms with Crippen molar-refractivity contribution in [1.82, 2.24) is 0 Å². The lowest BCUT2D eigenvalue weighted by Gasteiger charge is -2.26. The van der Waals surface area contributed by atoms with Crippen LogP contribution in [-0.4, -0.2) is 6.04 Å². The van der Waals surface area contributed by atoms with Crippen LogP contribution in [0.3, 0.4) is 0 Å². The van der Waals surface area contributed by atoms with Crippen molar-refractivity contribution in [2.45, 2.75) is 79.2 Å². The summed E-state index contributed by atoms with van der Waals surface area (Å²) in [6, 6.07) is 22.5. The Bertz CT molecular complexity index is 1200. The van der Waals surface area contributed by atoms with Crippen molar-refractivity contribution in [3.05, 3.63) is 77.4 Å². The number of hydrogen-bond acceptors (Lipinski definition) is 2. The summed E-state index contributed by atoms with van der Waals surface area (Å²) in [7, 11) is 0. The zero-order chi connectivity index (χ0) is 24.6. The zero-order valence-corrected chi connectivity index (χ0v) is 22.1. The minimum atomic E-state index is 0.531. The Balaban J connectivity index is 0.000000166. The lowest BCUT2D eigenvalue weighted by molar-refractivity contribution is 0.385. The average molecular weight is 456 g/mol. The maximum Gasteiger partial charge on any atom is 0.135 e. The second-order valence-corrected chi connectivity index (χ2v) is 11.2. The van der Waals surface area contributed by atoms with Crippen LogP contribution in [0.2, 0.25) is 0 Å². The number of fused-ring (bicyclic) bond motifs is 4. The third kappa shape index (κ3) is 4.73. The number of hydrogen-bond donors (Lipinski definition) is 1. The van der Waals surface area contributed by atoms with Crippen molar-refractivity contribution in [2.75, 3.05) is 5.32 Å². The van der Waals surface area contributed by atoms with Crippen molar-refractivity contribution in [3.8, 4) is 0 Å². The summed E-state index contributed by atoms with van der Waals surface area (Å²) in [5.41, 5.74) is 7.51. The van der Waals surface area contributed by atoms with Gasteiger partial charge in [-0.05, 0) is 58.6 Å². The minimum Gasteiger partial charge on any atom is -0.456 e. The number of rotatable bonds is 4. The van der Waals surface area contributed by atoms with Crippen LogP contribution in [0.15, 0.2) is 65.1 Å². The molecule has 2 heterocycles. The number of anilines is 1. The first-order valence-corrected chi connectivity index (χ1v) is 13.0. The molecule has 0 saturated carbocycles. The van der Waals surface area contributed by atoms with E-state index in [2.05, 4.69) is 121 Å². The molecule has 0 fully saturated rings. The van der Waals surface area contributed by atoms with Crippen LogP contribution < -0.4 is 5.32 Å². The molecular weight excluding hydrogens is 414 g/mol. The molecule has 2 unspecified atom stereocenters. The molecule has 2 heteroatoms. The van der Waals surface area contributed by atoms with Gasteiger partial charge in [-0.3, -0.25) is 0 Å². The van der Waals surface area contributed by atoms with Gasteiger partial charge in [-0.25, -0.2) is 0 Å². The predicted molar refractivity (Wildman–Crippen MR) is 148 cm³/mol. The van der Waals surface area contributed by atoms with Crippen molar-refractivity contribution in [1.29, 1.82) is 0 Å². The van der Waals surface area contributed by atoms with Crippen molar-refractivity contribution < 1.29 is 4.42 Å². The van der Waals surface area contributed by atoms with E-state index in [1.165, 1.54) is 33.2 Å². The normalized spacial score (nSPS) is 17.5. The highest BCUT2D eigenvalue weighted by atomic mass is 16.3. The van der Waals surface area contributed by atoms with E-state index in [1.54, 1.807) is 0 Å². The van der Waals surface area contributed by atoms with Gasteiger partial charge in [-0.15, -0.1) is 0 Å². The van der Waals surface area contributed by atoms with Crippen LogP contribution in [0, 0.1) is 11.8 Å². The minimum absolute atomic E-state index is 0.531. The molecule has 0 aliphatic carbocycles. The maximum absolute atomic E-state index is 6.03. The Hall–Kier alpha value is -2.74. The van der Waals surface area contributed by atoms with E-state index < -0.39 is 0 Å². The predicted octanol–water partition coefficient (Wildman–Crippen LogP) is 9.71. The standard InChI is InChI=1S/C18H20O.C14H21N/c1-11(2)13-5-7-15-16-8-6-14(12(3)4)10-18(16)19-17(15)9-13;1-9(2)13-11-7-5-6-8-12(11)15-14(13)10(3)4/h5-12H,1-4H3;5-10,13-15H,1-4H3. The molecule has 1 aliphatic rings. The summed E-state index contributed by atoms with van der Waals surface area (Å²) < 4.78 is 6.03. The maximum atomic E-state index is 6.03. The summed E-state index contributed by atoms with van der Waals surface area (Å²) in [4.78, 5) is 0. The second-order valence-electron chi connectivity index (χ2n) is 11.2. The summed E-state index contributed by atoms with van der Waals surface area (Å²) >= 11 is 0. The van der Waals surface area contributed by atoms with E-state index in [0.29, 0.717) is 35.6 Å². The zero-order valence-electron chi connectivity index (χ0n) is 22.1. The lowest BCUT2D eigenvalue weighted by Crippen LogP contribution is -2.29. The molecule has 0 radical (unpaired) electrons. The van der Waals surface area contributed by atoms with Gasteiger partial charge in [0.25, 0.3) is 0 Å². The summed E-state index contributed by atoms with van der Waals surface area (Å²) in [5, 5.41) is 6.10. The SMILES string of the molecule is CC(C)C1Nc2ccccc2C1C(C)C.CC(C)c1ccc2c(c1)oc1cc(C(C)C)ccc12. The smallest absolute Gasteiger partial charge is 0.135 e. The summed E-state index contributed by atoms with van der Waals surface area (Å²) in [6.07, 6.45) is 0. The van der Waals surface area contributed by atoms with Crippen molar-refractivity contribution in [3.63, 3.8) is 0 Å². The molecule has 0 saturated heterocycles. The highest BCUT2D eigenvalue weighted by Gasteiger charge is 2.35. The van der Waals surface area contributed by atoms with Crippen LogP contribution in [0.1, 0.15) is 89.8 Å². The van der Waals surface area contributed by atoms with Crippen LogP contribution in [0.5, 0.6) is 0 Å². The molecule has 1 aromatic heterocycles. The molecule has 1 aliphatic heterocycles. The molecule has 0 bridgehead atoms. The molecule has 2 atom stereocenters. The average Bonchev–Trinajstić information content (AvgIpc) is 3.37. The van der Waals surface area contributed by atoms with E-state index >= 15 is 0 Å². The van der Waals surface area contributed by atoms with Gasteiger partial charge < -0.3 is 9.73 Å². The van der Waals surface area contributed by atoms with Gasteiger partial charge in [0, 0.05) is 28.4 Å². The first-order valence-electron chi connectivity index (χ1n) is 13.0. The fraction of sp³-hybridized carbons (Fsp3) is 0.438. The third-order valence-corrected chi connectivity index (χ3v) is 7.32. The van der Waals surface area contributed by atoms with Gasteiger partial charge in [0.1, 0.15) is 11.2 Å². The Morgan fingerprint density at radius 2 is 1.18 bits per heavy atom. The highest BCUT2D eigenvalue weighted by molar-refractivity contribution is 6.05. The van der Waals surface area contributed by atoms with E-state index in [1.807, 2.05) is 0 Å². The quantitative estimate of drug-likeness (QED) is 0.331. The van der Waals surface area contributed by atoms with Gasteiger partial charge in [-0.2, -0.15) is 0 Å². The molecule has 1 N–H and O–H groups in total. The van der Waals surface area contributed by atoms with E-state index in [4.69, 9.17) is 4.42 Å². The van der Waals surface area contributed by atoms with Crippen LogP contribution >= 0.6 is 0 Å². The molecule has 34 heavy (non-hydrogen) atoms. The summed E-state index contributed by atoms with van der Waals surface area (Å²) in [6.45, 7) is 18.1. The van der Waals surface area contributed by atoms with Crippen molar-refractivity contribution in [2.24, 2.45) is 11.8 Å². The monoisotopic (exact) mass is 455 g/mol. The third-order valence-electron chi connectivity index (χ3n) is 7.32. The number of nitrogens with one attached hydrogen (secondary N) is 1. The molecule has 0 amide bonds. The van der Waals surface area contributed by atoms with Gasteiger partial charge in [-0.1, -0.05) is 97.9 Å². The Morgan fingerprint density at radius 1 is 0.647 bits per heavy atom. The Kier molecular flexibility index (Phi) is 7.07. The van der Waals surface area contributed by atoms with Crippen LogP contribution in [0.4, 0.5) is 5.69 Å². The van der Waals surface area contributed by atoms with Gasteiger partial charge >= 0.3 is 0 Å². The number of furan rings is 1. The molecule has 5 rings (SSSR count). The van der Waals surface area contributed by atoms with E-state index in [9.17, 15) is 0 Å². The highest BCUT2D eigenvalue weighted by Crippen LogP contribution is 2.42. The molecular formula is C32H41NO. The fourth-order valence-corrected chi connectivity index (χ4v) is 5.27. The molecule has 3 aromatic carbocycles. The Labute approximate surface area is 205 Å². The topological polar surface area (TPSA) is 25.2 Å². The first-order chi connectivity index (χ1) is 16.2. The molecule has 2 nitrogen and oxygen atoms in total. The second kappa shape index (κ2) is 9.86. The Morgan fingerprint density at radius 3 is 1.65 bits per heavy atom. The molecule has 180 valence electrons. The van der Waals surface area contributed by atoms with Crippen LogP contribution in [0.25, 0.3) is 21.9 Å². The first kappa shape index (κ1) is 24.4. The van der Waals surface area contributed by atoms with Gasteiger partial charge in [0.15, 0.2) is 0 Å². The fourth-order valence-electron chi connectivity index (χ4n) is 5.27. The van der Waals surface area contributed by atoms with Crippen molar-refractivity contribution >= 4 is 27.6 Å².